The molecular weight excluding hydrogens is 162 g/mol. The van der Waals surface area contributed by atoms with Gasteiger partial charge in [-0.15, -0.1) is 0 Å². The minimum atomic E-state index is 0.426. The molecule has 13 heavy (non-hydrogen) atoms. The van der Waals surface area contributed by atoms with Crippen LogP contribution in [0.2, 0.25) is 0 Å². The van der Waals surface area contributed by atoms with Crippen molar-refractivity contribution in [1.29, 1.82) is 0 Å². The second kappa shape index (κ2) is 4.43. The Morgan fingerprint density at radius 1 is 1.08 bits per heavy atom. The Hall–Kier alpha value is -0.0800. The number of hydrogen-bond donors (Lipinski definition) is 2. The summed E-state index contributed by atoms with van der Waals surface area (Å²) in [5, 5.41) is 12.8. The van der Waals surface area contributed by atoms with Crippen LogP contribution in [0, 0.1) is 17.8 Å². The van der Waals surface area contributed by atoms with E-state index in [1.54, 1.807) is 0 Å². The van der Waals surface area contributed by atoms with Gasteiger partial charge in [-0.05, 0) is 43.7 Å². The largest absolute Gasteiger partial charge is 0.396 e. The topological polar surface area (TPSA) is 32.3 Å². The average Bonchev–Trinajstić information content (AvgIpc) is 2.12. The van der Waals surface area contributed by atoms with Gasteiger partial charge in [0.05, 0.1) is 0 Å². The van der Waals surface area contributed by atoms with Gasteiger partial charge in [0.25, 0.3) is 0 Å². The average molecular weight is 183 g/mol. The lowest BCUT2D eigenvalue weighted by atomic mass is 9.69. The molecular formula is C11H21NO. The van der Waals surface area contributed by atoms with Crippen molar-refractivity contribution in [2.45, 2.75) is 32.1 Å². The number of rotatable bonds is 3. The molecule has 0 radical (unpaired) electrons. The summed E-state index contributed by atoms with van der Waals surface area (Å²) < 4.78 is 0. The van der Waals surface area contributed by atoms with E-state index >= 15 is 0 Å². The molecule has 2 heteroatoms. The van der Waals surface area contributed by atoms with Gasteiger partial charge in [0, 0.05) is 6.61 Å². The first-order valence-corrected chi connectivity index (χ1v) is 5.73. The van der Waals surface area contributed by atoms with Crippen LogP contribution < -0.4 is 5.32 Å². The molecule has 1 aliphatic heterocycles. The summed E-state index contributed by atoms with van der Waals surface area (Å²) in [5.74, 6) is 2.28. The molecule has 2 fully saturated rings. The number of nitrogens with one attached hydrogen (secondary N) is 1. The zero-order chi connectivity index (χ0) is 9.10. The third kappa shape index (κ3) is 2.05. The lowest BCUT2D eigenvalue weighted by molar-refractivity contribution is 0.0627. The predicted octanol–water partition coefficient (Wildman–Crippen LogP) is 1.39. The van der Waals surface area contributed by atoms with E-state index in [0.29, 0.717) is 12.5 Å². The summed E-state index contributed by atoms with van der Waals surface area (Å²) in [6.07, 6.45) is 6.69. The zero-order valence-corrected chi connectivity index (χ0v) is 8.34. The zero-order valence-electron chi connectivity index (χ0n) is 8.34. The summed E-state index contributed by atoms with van der Waals surface area (Å²) in [7, 11) is 0. The fourth-order valence-electron chi connectivity index (χ4n) is 2.82. The Morgan fingerprint density at radius 2 is 1.69 bits per heavy atom. The molecule has 2 nitrogen and oxygen atoms in total. The second-order valence-corrected chi connectivity index (χ2v) is 4.62. The highest BCUT2D eigenvalue weighted by atomic mass is 16.3. The fourth-order valence-corrected chi connectivity index (χ4v) is 2.82. The summed E-state index contributed by atoms with van der Waals surface area (Å²) in [5.41, 5.74) is 0. The van der Waals surface area contributed by atoms with Crippen molar-refractivity contribution in [1.82, 2.24) is 5.32 Å². The molecule has 1 atom stereocenters. The van der Waals surface area contributed by atoms with Crippen LogP contribution in [0.5, 0.6) is 0 Å². The third-order valence-electron chi connectivity index (χ3n) is 3.96. The monoisotopic (exact) mass is 183 g/mol. The van der Waals surface area contributed by atoms with E-state index in [-0.39, 0.29) is 0 Å². The van der Waals surface area contributed by atoms with Crippen LogP contribution in [-0.2, 0) is 0 Å². The SMILES string of the molecule is OCC(C1CCC1)C1CCNCC1. The molecule has 1 heterocycles. The minimum absolute atomic E-state index is 0.426. The van der Waals surface area contributed by atoms with Crippen LogP contribution in [0.15, 0.2) is 0 Å². The summed E-state index contributed by atoms with van der Waals surface area (Å²) in [4.78, 5) is 0. The molecule has 1 unspecified atom stereocenters. The van der Waals surface area contributed by atoms with Crippen LogP contribution in [0.1, 0.15) is 32.1 Å². The van der Waals surface area contributed by atoms with Crippen molar-refractivity contribution >= 4 is 0 Å². The van der Waals surface area contributed by atoms with E-state index in [4.69, 9.17) is 0 Å². The minimum Gasteiger partial charge on any atom is -0.396 e. The summed E-state index contributed by atoms with van der Waals surface area (Å²) in [6, 6.07) is 0. The van der Waals surface area contributed by atoms with E-state index < -0.39 is 0 Å². The van der Waals surface area contributed by atoms with E-state index in [0.717, 1.165) is 24.9 Å². The van der Waals surface area contributed by atoms with Gasteiger partial charge in [-0.25, -0.2) is 0 Å². The quantitative estimate of drug-likeness (QED) is 0.693. The molecule has 0 aromatic heterocycles. The Balaban J connectivity index is 1.86. The molecule has 0 spiro atoms. The first kappa shape index (κ1) is 9.47. The number of hydrogen-bond acceptors (Lipinski definition) is 2. The Labute approximate surface area is 80.7 Å². The second-order valence-electron chi connectivity index (χ2n) is 4.62. The molecule has 1 saturated heterocycles. The first-order valence-electron chi connectivity index (χ1n) is 5.73. The molecule has 76 valence electrons. The maximum absolute atomic E-state index is 9.39. The van der Waals surface area contributed by atoms with Gasteiger partial charge in [-0.1, -0.05) is 19.3 Å². The molecule has 2 rings (SSSR count). The molecule has 0 aromatic carbocycles. The van der Waals surface area contributed by atoms with Crippen LogP contribution in [0.25, 0.3) is 0 Å². The molecule has 1 aliphatic carbocycles. The van der Waals surface area contributed by atoms with Crippen LogP contribution in [0.3, 0.4) is 0 Å². The van der Waals surface area contributed by atoms with Crippen molar-refractivity contribution in [3.63, 3.8) is 0 Å². The molecule has 2 N–H and O–H groups in total. The van der Waals surface area contributed by atoms with Gasteiger partial charge in [0.15, 0.2) is 0 Å². The number of piperidine rings is 1. The highest BCUT2D eigenvalue weighted by Gasteiger charge is 2.32. The van der Waals surface area contributed by atoms with E-state index in [9.17, 15) is 5.11 Å². The Kier molecular flexibility index (Phi) is 3.23. The van der Waals surface area contributed by atoms with Gasteiger partial charge in [0.1, 0.15) is 0 Å². The van der Waals surface area contributed by atoms with Gasteiger partial charge < -0.3 is 10.4 Å². The Morgan fingerprint density at radius 3 is 2.15 bits per heavy atom. The molecule has 1 saturated carbocycles. The van der Waals surface area contributed by atoms with Crippen LogP contribution >= 0.6 is 0 Å². The normalized spacial score (nSPS) is 28.4. The highest BCUT2D eigenvalue weighted by Crippen LogP contribution is 2.39. The van der Waals surface area contributed by atoms with Crippen molar-refractivity contribution in [2.75, 3.05) is 19.7 Å². The van der Waals surface area contributed by atoms with Crippen molar-refractivity contribution < 1.29 is 5.11 Å². The van der Waals surface area contributed by atoms with Crippen molar-refractivity contribution in [2.24, 2.45) is 17.8 Å². The van der Waals surface area contributed by atoms with Gasteiger partial charge in [-0.3, -0.25) is 0 Å². The van der Waals surface area contributed by atoms with Gasteiger partial charge in [-0.2, -0.15) is 0 Å². The standard InChI is InChI=1S/C11H21NO/c13-8-11(9-2-1-3-9)10-4-6-12-7-5-10/h9-13H,1-8H2. The van der Waals surface area contributed by atoms with Gasteiger partial charge >= 0.3 is 0 Å². The highest BCUT2D eigenvalue weighted by molar-refractivity contribution is 4.84. The lowest BCUT2D eigenvalue weighted by Gasteiger charge is -2.39. The summed E-state index contributed by atoms with van der Waals surface area (Å²) >= 11 is 0. The number of aliphatic hydroxyl groups is 1. The Bertz CT molecular complexity index is 150. The van der Waals surface area contributed by atoms with Crippen molar-refractivity contribution in [3.05, 3.63) is 0 Å². The molecule has 2 aliphatic rings. The first-order chi connectivity index (χ1) is 6.42. The van der Waals surface area contributed by atoms with Crippen molar-refractivity contribution in [3.8, 4) is 0 Å². The lowest BCUT2D eigenvalue weighted by Crippen LogP contribution is -2.38. The maximum atomic E-state index is 9.39. The third-order valence-corrected chi connectivity index (χ3v) is 3.96. The maximum Gasteiger partial charge on any atom is 0.0464 e. The van der Waals surface area contributed by atoms with E-state index in [1.165, 1.54) is 32.1 Å². The van der Waals surface area contributed by atoms with E-state index in [1.807, 2.05) is 0 Å². The van der Waals surface area contributed by atoms with Crippen LogP contribution in [-0.4, -0.2) is 24.8 Å². The predicted molar refractivity (Wildman–Crippen MR) is 53.5 cm³/mol. The van der Waals surface area contributed by atoms with Gasteiger partial charge in [0.2, 0.25) is 0 Å². The van der Waals surface area contributed by atoms with Crippen LogP contribution in [0.4, 0.5) is 0 Å². The smallest absolute Gasteiger partial charge is 0.0464 e. The number of aliphatic hydroxyl groups excluding tert-OH is 1. The molecule has 0 aromatic rings. The fraction of sp³-hybridized carbons (Fsp3) is 1.00. The van der Waals surface area contributed by atoms with E-state index in [2.05, 4.69) is 5.32 Å². The molecule has 0 amide bonds. The summed E-state index contributed by atoms with van der Waals surface area (Å²) in [6.45, 7) is 2.75. The molecule has 0 bridgehead atoms.